The summed E-state index contributed by atoms with van der Waals surface area (Å²) in [4.78, 5) is 23.6. The van der Waals surface area contributed by atoms with E-state index in [0.29, 0.717) is 12.4 Å². The van der Waals surface area contributed by atoms with Gasteiger partial charge in [-0.3, -0.25) is 14.3 Å². The zero-order valence-corrected chi connectivity index (χ0v) is 17.1. The lowest BCUT2D eigenvalue weighted by atomic mass is 10.2. The molecule has 2 aromatic rings. The minimum atomic E-state index is -4.04. The minimum absolute atomic E-state index is 0.100. The molecule has 0 saturated heterocycles. The molecule has 2 rings (SSSR count). The van der Waals surface area contributed by atoms with Gasteiger partial charge < -0.3 is 20.1 Å². The lowest BCUT2D eigenvalue weighted by molar-refractivity contribution is -0.114. The predicted octanol–water partition coefficient (Wildman–Crippen LogP) is 1.83. The van der Waals surface area contributed by atoms with Gasteiger partial charge in [-0.25, -0.2) is 8.42 Å². The summed E-state index contributed by atoms with van der Waals surface area (Å²) in [5.74, 6) is -0.491. The van der Waals surface area contributed by atoms with Gasteiger partial charge in [0.2, 0.25) is 5.91 Å². The van der Waals surface area contributed by atoms with Crippen molar-refractivity contribution in [2.45, 2.75) is 11.8 Å². The molecule has 0 heterocycles. The molecule has 0 atom stereocenters. The first kappa shape index (κ1) is 22.2. The summed E-state index contributed by atoms with van der Waals surface area (Å²) < 4.78 is 38.2. The van der Waals surface area contributed by atoms with E-state index in [2.05, 4.69) is 15.4 Å². The van der Waals surface area contributed by atoms with Gasteiger partial charge in [0.15, 0.2) is 0 Å². The highest BCUT2D eigenvalue weighted by atomic mass is 32.2. The Hall–Kier alpha value is -3.11. The summed E-state index contributed by atoms with van der Waals surface area (Å²) in [6, 6.07) is 10.3. The minimum Gasteiger partial charge on any atom is -0.495 e. The SMILES string of the molecule is COCCNC(=O)c1ccccc1NS(=O)(=O)c1ccc(OC)c(NC(C)=O)c1. The van der Waals surface area contributed by atoms with Crippen LogP contribution in [0.15, 0.2) is 47.4 Å². The molecule has 9 nitrogen and oxygen atoms in total. The number of hydrogen-bond donors (Lipinski definition) is 3. The molecule has 3 N–H and O–H groups in total. The third-order valence-corrected chi connectivity index (χ3v) is 5.16. The van der Waals surface area contributed by atoms with Crippen molar-refractivity contribution in [2.75, 3.05) is 37.4 Å². The summed E-state index contributed by atoms with van der Waals surface area (Å²) in [5.41, 5.74) is 0.510. The molecule has 2 aromatic carbocycles. The zero-order chi connectivity index (χ0) is 21.4. The molecule has 0 spiro atoms. The largest absolute Gasteiger partial charge is 0.495 e. The van der Waals surface area contributed by atoms with Crippen molar-refractivity contribution in [3.05, 3.63) is 48.0 Å². The summed E-state index contributed by atoms with van der Waals surface area (Å²) in [7, 11) is -1.12. The Morgan fingerprint density at radius 1 is 1.03 bits per heavy atom. The maximum absolute atomic E-state index is 12.9. The van der Waals surface area contributed by atoms with Crippen LogP contribution in [0.1, 0.15) is 17.3 Å². The topological polar surface area (TPSA) is 123 Å². The van der Waals surface area contributed by atoms with E-state index in [4.69, 9.17) is 9.47 Å². The van der Waals surface area contributed by atoms with Gasteiger partial charge in [0.05, 0.1) is 35.6 Å². The monoisotopic (exact) mass is 421 g/mol. The number of methoxy groups -OCH3 is 2. The van der Waals surface area contributed by atoms with Crippen LogP contribution in [-0.4, -0.2) is 47.6 Å². The van der Waals surface area contributed by atoms with Gasteiger partial charge >= 0.3 is 0 Å². The van der Waals surface area contributed by atoms with Crippen molar-refractivity contribution in [3.63, 3.8) is 0 Å². The number of amides is 2. The van der Waals surface area contributed by atoms with Crippen molar-refractivity contribution < 1.29 is 27.5 Å². The second kappa shape index (κ2) is 9.89. The fourth-order valence-corrected chi connectivity index (χ4v) is 3.58. The third kappa shape index (κ3) is 5.93. The van der Waals surface area contributed by atoms with Crippen molar-refractivity contribution in [3.8, 4) is 5.75 Å². The number of carbonyl (C=O) groups is 2. The Bertz CT molecular complexity index is 991. The summed E-state index contributed by atoms with van der Waals surface area (Å²) in [6.45, 7) is 1.92. The summed E-state index contributed by atoms with van der Waals surface area (Å²) in [5, 5.41) is 5.18. The summed E-state index contributed by atoms with van der Waals surface area (Å²) in [6.07, 6.45) is 0. The molecule has 29 heavy (non-hydrogen) atoms. The van der Waals surface area contributed by atoms with Crippen LogP contribution < -0.4 is 20.1 Å². The fraction of sp³-hybridized carbons (Fsp3) is 0.263. The number of benzene rings is 2. The van der Waals surface area contributed by atoms with Crippen LogP contribution in [0.4, 0.5) is 11.4 Å². The first-order chi connectivity index (χ1) is 13.8. The number of carbonyl (C=O) groups excluding carboxylic acids is 2. The van der Waals surface area contributed by atoms with Gasteiger partial charge in [-0.1, -0.05) is 12.1 Å². The normalized spacial score (nSPS) is 10.9. The van der Waals surface area contributed by atoms with E-state index in [9.17, 15) is 18.0 Å². The van der Waals surface area contributed by atoms with E-state index in [1.54, 1.807) is 12.1 Å². The van der Waals surface area contributed by atoms with Crippen LogP contribution in [0, 0.1) is 0 Å². The van der Waals surface area contributed by atoms with Crippen molar-refractivity contribution in [1.82, 2.24) is 5.32 Å². The van der Waals surface area contributed by atoms with Crippen molar-refractivity contribution >= 4 is 33.2 Å². The van der Waals surface area contributed by atoms with E-state index in [-0.39, 0.29) is 34.3 Å². The average molecular weight is 421 g/mol. The second-order valence-electron chi connectivity index (χ2n) is 5.94. The number of sulfonamides is 1. The highest BCUT2D eigenvalue weighted by Crippen LogP contribution is 2.29. The smallest absolute Gasteiger partial charge is 0.261 e. The van der Waals surface area contributed by atoms with Crippen LogP contribution in [-0.2, 0) is 19.6 Å². The van der Waals surface area contributed by atoms with E-state index >= 15 is 0 Å². The number of anilines is 2. The zero-order valence-electron chi connectivity index (χ0n) is 16.3. The first-order valence-electron chi connectivity index (χ1n) is 8.63. The Labute approximate surface area is 169 Å². The lowest BCUT2D eigenvalue weighted by Gasteiger charge is -2.14. The van der Waals surface area contributed by atoms with Crippen molar-refractivity contribution in [2.24, 2.45) is 0 Å². The molecule has 0 aliphatic heterocycles. The predicted molar refractivity (Wildman–Crippen MR) is 109 cm³/mol. The number of rotatable bonds is 9. The highest BCUT2D eigenvalue weighted by molar-refractivity contribution is 7.92. The van der Waals surface area contributed by atoms with Gasteiger partial charge in [0, 0.05) is 20.6 Å². The highest BCUT2D eigenvalue weighted by Gasteiger charge is 2.20. The molecule has 0 aliphatic rings. The summed E-state index contributed by atoms with van der Waals surface area (Å²) >= 11 is 0. The number of ether oxygens (including phenoxy) is 2. The number of nitrogens with one attached hydrogen (secondary N) is 3. The molecule has 2 amide bonds. The molecule has 0 unspecified atom stereocenters. The maximum atomic E-state index is 12.9. The fourth-order valence-electron chi connectivity index (χ4n) is 2.48. The molecular formula is C19H23N3O6S. The molecule has 0 fully saturated rings. The van der Waals surface area contributed by atoms with Crippen molar-refractivity contribution in [1.29, 1.82) is 0 Å². The van der Waals surface area contributed by atoms with Crippen LogP contribution in [0.25, 0.3) is 0 Å². The standard InChI is InChI=1S/C19H23N3O6S/c1-13(23)21-17-12-14(8-9-18(17)28-3)29(25,26)22-16-7-5-4-6-15(16)19(24)20-10-11-27-2/h4-9,12,22H,10-11H2,1-3H3,(H,20,24)(H,21,23). The Balaban J connectivity index is 2.32. The number of para-hydroxylation sites is 1. The van der Waals surface area contributed by atoms with Gasteiger partial charge in [-0.15, -0.1) is 0 Å². The Morgan fingerprint density at radius 2 is 1.76 bits per heavy atom. The lowest BCUT2D eigenvalue weighted by Crippen LogP contribution is -2.28. The molecule has 0 saturated carbocycles. The molecule has 156 valence electrons. The number of hydrogen-bond acceptors (Lipinski definition) is 6. The van der Waals surface area contributed by atoms with Gasteiger partial charge in [0.25, 0.3) is 15.9 Å². The molecule has 0 aromatic heterocycles. The van der Waals surface area contributed by atoms with Crippen LogP contribution in [0.3, 0.4) is 0 Å². The van der Waals surface area contributed by atoms with E-state index in [1.165, 1.54) is 51.5 Å². The van der Waals surface area contributed by atoms with Crippen LogP contribution in [0.2, 0.25) is 0 Å². The van der Waals surface area contributed by atoms with Gasteiger partial charge in [-0.2, -0.15) is 0 Å². The second-order valence-corrected chi connectivity index (χ2v) is 7.63. The average Bonchev–Trinajstić information content (AvgIpc) is 2.67. The Kier molecular flexibility index (Phi) is 7.57. The molecular weight excluding hydrogens is 398 g/mol. The molecule has 0 aliphatic carbocycles. The van der Waals surface area contributed by atoms with Crippen LogP contribution in [0.5, 0.6) is 5.75 Å². The van der Waals surface area contributed by atoms with E-state index in [0.717, 1.165) is 0 Å². The van der Waals surface area contributed by atoms with Crippen LogP contribution >= 0.6 is 0 Å². The van der Waals surface area contributed by atoms with Gasteiger partial charge in [-0.05, 0) is 30.3 Å². The third-order valence-electron chi connectivity index (χ3n) is 3.80. The molecule has 0 bridgehead atoms. The molecule has 0 radical (unpaired) electrons. The van der Waals surface area contributed by atoms with Gasteiger partial charge in [0.1, 0.15) is 5.75 Å². The van der Waals surface area contributed by atoms with E-state index < -0.39 is 15.9 Å². The quantitative estimate of drug-likeness (QED) is 0.531. The first-order valence-corrected chi connectivity index (χ1v) is 10.1. The Morgan fingerprint density at radius 3 is 2.41 bits per heavy atom. The maximum Gasteiger partial charge on any atom is 0.261 e. The van der Waals surface area contributed by atoms with E-state index in [1.807, 2.05) is 0 Å². The molecule has 10 heteroatoms.